The van der Waals surface area contributed by atoms with Gasteiger partial charge in [-0.15, -0.1) is 0 Å². The molecule has 0 spiro atoms. The number of aromatic nitrogens is 3. The summed E-state index contributed by atoms with van der Waals surface area (Å²) in [5.74, 6) is -0.124. The van der Waals surface area contributed by atoms with Gasteiger partial charge in [-0.05, 0) is 47.5 Å². The maximum atomic E-state index is 13.0. The van der Waals surface area contributed by atoms with Gasteiger partial charge in [0.15, 0.2) is 0 Å². The minimum atomic E-state index is -3.75. The average Bonchev–Trinajstić information content (AvgIpc) is 3.51. The fraction of sp³-hybridized carbons (Fsp3) is 0.125. The Hall–Kier alpha value is -3.69. The van der Waals surface area contributed by atoms with Crippen LogP contribution in [0.5, 0.6) is 0 Å². The Morgan fingerprint density at radius 3 is 2.71 bits per heavy atom. The van der Waals surface area contributed by atoms with Crippen molar-refractivity contribution in [2.24, 2.45) is 0 Å². The molecule has 2 N–H and O–H groups in total. The lowest BCUT2D eigenvalue weighted by atomic mass is 10.1. The second kappa shape index (κ2) is 8.92. The van der Waals surface area contributed by atoms with Crippen LogP contribution in [0, 0.1) is 0 Å². The summed E-state index contributed by atoms with van der Waals surface area (Å²) < 4.78 is 27.6. The van der Waals surface area contributed by atoms with E-state index in [9.17, 15) is 13.2 Å². The highest BCUT2D eigenvalue weighted by Crippen LogP contribution is 2.25. The first-order chi connectivity index (χ1) is 16.4. The number of halogens is 1. The van der Waals surface area contributed by atoms with Crippen molar-refractivity contribution in [3.05, 3.63) is 95.5 Å². The van der Waals surface area contributed by atoms with Crippen molar-refractivity contribution < 1.29 is 13.2 Å². The van der Waals surface area contributed by atoms with Crippen molar-refractivity contribution in [1.29, 1.82) is 0 Å². The van der Waals surface area contributed by atoms with Crippen LogP contribution in [-0.4, -0.2) is 35.1 Å². The number of nitrogens with zero attached hydrogens (tertiary/aromatic N) is 3. The molecule has 10 heteroatoms. The van der Waals surface area contributed by atoms with E-state index in [2.05, 4.69) is 20.7 Å². The van der Waals surface area contributed by atoms with Crippen molar-refractivity contribution in [2.75, 3.05) is 5.32 Å². The number of anilines is 1. The maximum Gasteiger partial charge on any atom is 0.243 e. The summed E-state index contributed by atoms with van der Waals surface area (Å²) in [6, 6.07) is 14.9. The molecule has 1 atom stereocenters. The summed E-state index contributed by atoms with van der Waals surface area (Å²) in [7, 11) is -3.75. The minimum absolute atomic E-state index is 0.0786. The number of hydrogen-bond donors (Lipinski definition) is 2. The quantitative estimate of drug-likeness (QED) is 0.426. The van der Waals surface area contributed by atoms with Gasteiger partial charge in [-0.1, -0.05) is 29.8 Å². The second-order valence-electron chi connectivity index (χ2n) is 7.90. The van der Waals surface area contributed by atoms with E-state index in [1.54, 1.807) is 48.8 Å². The Balaban J connectivity index is 1.24. The van der Waals surface area contributed by atoms with Gasteiger partial charge in [0.25, 0.3) is 0 Å². The number of hydrogen-bond acceptors (Lipinski definition) is 6. The lowest BCUT2D eigenvalue weighted by Crippen LogP contribution is -2.38. The number of rotatable bonds is 6. The summed E-state index contributed by atoms with van der Waals surface area (Å²) >= 11 is 6.01. The summed E-state index contributed by atoms with van der Waals surface area (Å²) in [5, 5.41) is 10.8. The summed E-state index contributed by atoms with van der Waals surface area (Å²) in [6.45, 7) is 0.290. The third-order valence-corrected chi connectivity index (χ3v) is 7.58. The standard InChI is InChI=1S/C24H20ClN5O3S/c25-18-2-1-3-19(11-18)30-15-21(14-28-30)34(32,33)20-6-4-16(5-7-20)12-27-24(31)23-10-17-13-26-9-8-22(17)29-23/h1-9,11,13-15,23,29H,10,12H2,(H,27,31). The Morgan fingerprint density at radius 1 is 1.12 bits per heavy atom. The molecule has 0 saturated carbocycles. The van der Waals surface area contributed by atoms with Crippen LogP contribution >= 0.6 is 11.6 Å². The van der Waals surface area contributed by atoms with Gasteiger partial charge in [-0.3, -0.25) is 9.78 Å². The first-order valence-corrected chi connectivity index (χ1v) is 12.4. The molecule has 5 rings (SSSR count). The summed E-state index contributed by atoms with van der Waals surface area (Å²) in [5.41, 5.74) is 3.38. The Morgan fingerprint density at radius 2 is 1.94 bits per heavy atom. The van der Waals surface area contributed by atoms with Crippen LogP contribution in [0.25, 0.3) is 5.69 Å². The number of pyridine rings is 1. The third-order valence-electron chi connectivity index (χ3n) is 5.62. The van der Waals surface area contributed by atoms with Crippen molar-refractivity contribution in [3.8, 4) is 5.69 Å². The van der Waals surface area contributed by atoms with Crippen LogP contribution in [-0.2, 0) is 27.6 Å². The molecule has 1 aliphatic heterocycles. The van der Waals surface area contributed by atoms with E-state index in [1.165, 1.54) is 29.2 Å². The lowest BCUT2D eigenvalue weighted by Gasteiger charge is -2.12. The molecule has 1 unspecified atom stereocenters. The molecule has 0 radical (unpaired) electrons. The topological polar surface area (TPSA) is 106 Å². The molecule has 0 aliphatic carbocycles. The summed E-state index contributed by atoms with van der Waals surface area (Å²) in [4.78, 5) is 16.8. The van der Waals surface area contributed by atoms with Crippen molar-refractivity contribution in [1.82, 2.24) is 20.1 Å². The van der Waals surface area contributed by atoms with Crippen LogP contribution in [0.3, 0.4) is 0 Å². The zero-order valence-electron chi connectivity index (χ0n) is 17.8. The normalized spacial score (nSPS) is 14.9. The second-order valence-corrected chi connectivity index (χ2v) is 10.3. The van der Waals surface area contributed by atoms with Gasteiger partial charge in [0.1, 0.15) is 10.9 Å². The van der Waals surface area contributed by atoms with E-state index in [0.717, 1.165) is 16.8 Å². The monoisotopic (exact) mass is 493 g/mol. The van der Waals surface area contributed by atoms with E-state index < -0.39 is 9.84 Å². The highest BCUT2D eigenvalue weighted by Gasteiger charge is 2.26. The number of amides is 1. The Kier molecular flexibility index (Phi) is 5.80. The van der Waals surface area contributed by atoms with Crippen LogP contribution < -0.4 is 10.6 Å². The molecule has 172 valence electrons. The predicted molar refractivity (Wildman–Crippen MR) is 128 cm³/mol. The van der Waals surface area contributed by atoms with Crippen LogP contribution in [0.4, 0.5) is 5.69 Å². The molecule has 34 heavy (non-hydrogen) atoms. The Labute approximate surface area is 201 Å². The Bertz CT molecular complexity index is 1440. The molecule has 1 amide bonds. The lowest BCUT2D eigenvalue weighted by molar-refractivity contribution is -0.121. The van der Waals surface area contributed by atoms with Gasteiger partial charge in [-0.2, -0.15) is 5.10 Å². The minimum Gasteiger partial charge on any atom is -0.373 e. The first-order valence-electron chi connectivity index (χ1n) is 10.5. The predicted octanol–water partition coefficient (Wildman–Crippen LogP) is 3.41. The highest BCUT2D eigenvalue weighted by atomic mass is 35.5. The zero-order valence-corrected chi connectivity index (χ0v) is 19.4. The fourth-order valence-corrected chi connectivity index (χ4v) is 5.16. The van der Waals surface area contributed by atoms with Gasteiger partial charge in [-0.25, -0.2) is 13.1 Å². The molecule has 3 heterocycles. The number of benzene rings is 2. The molecule has 2 aromatic heterocycles. The smallest absolute Gasteiger partial charge is 0.243 e. The fourth-order valence-electron chi connectivity index (χ4n) is 3.79. The van der Waals surface area contributed by atoms with Gasteiger partial charge in [0.05, 0.1) is 16.8 Å². The zero-order chi connectivity index (χ0) is 23.7. The van der Waals surface area contributed by atoms with E-state index in [0.29, 0.717) is 23.7 Å². The molecule has 0 fully saturated rings. The third kappa shape index (κ3) is 4.40. The average molecular weight is 494 g/mol. The number of fused-ring (bicyclic) bond motifs is 1. The molecule has 4 aromatic rings. The van der Waals surface area contributed by atoms with Crippen LogP contribution in [0.1, 0.15) is 11.1 Å². The number of carbonyl (C=O) groups excluding carboxylic acids is 1. The largest absolute Gasteiger partial charge is 0.373 e. The molecule has 0 saturated heterocycles. The van der Waals surface area contributed by atoms with E-state index in [-0.39, 0.29) is 21.7 Å². The SMILES string of the molecule is O=C(NCc1ccc(S(=O)(=O)c2cnn(-c3cccc(Cl)c3)c2)cc1)C1Cc2cnccc2N1. The molecular weight excluding hydrogens is 474 g/mol. The highest BCUT2D eigenvalue weighted by molar-refractivity contribution is 7.91. The molecular formula is C24H20ClN5O3S. The van der Waals surface area contributed by atoms with Crippen molar-refractivity contribution in [3.63, 3.8) is 0 Å². The van der Waals surface area contributed by atoms with Crippen LogP contribution in [0.2, 0.25) is 5.02 Å². The molecule has 2 aromatic carbocycles. The molecule has 1 aliphatic rings. The summed E-state index contributed by atoms with van der Waals surface area (Å²) in [6.07, 6.45) is 6.79. The number of nitrogens with one attached hydrogen (secondary N) is 2. The van der Waals surface area contributed by atoms with E-state index in [4.69, 9.17) is 11.6 Å². The number of sulfone groups is 1. The maximum absolute atomic E-state index is 13.0. The molecule has 0 bridgehead atoms. The van der Waals surface area contributed by atoms with E-state index >= 15 is 0 Å². The van der Waals surface area contributed by atoms with Crippen molar-refractivity contribution >= 4 is 33.0 Å². The van der Waals surface area contributed by atoms with Gasteiger partial charge >= 0.3 is 0 Å². The first kappa shape index (κ1) is 22.1. The van der Waals surface area contributed by atoms with Gasteiger partial charge in [0.2, 0.25) is 15.7 Å². The van der Waals surface area contributed by atoms with Crippen LogP contribution in [0.15, 0.2) is 89.2 Å². The van der Waals surface area contributed by atoms with E-state index in [1.807, 2.05) is 6.07 Å². The molecule has 8 nitrogen and oxygen atoms in total. The van der Waals surface area contributed by atoms with Gasteiger partial charge in [0, 0.05) is 42.3 Å². The van der Waals surface area contributed by atoms with Gasteiger partial charge < -0.3 is 10.6 Å². The number of carbonyl (C=O) groups is 1. The van der Waals surface area contributed by atoms with Crippen molar-refractivity contribution in [2.45, 2.75) is 28.8 Å².